The molecule has 0 aliphatic heterocycles. The monoisotopic (exact) mass is 498 g/mol. The Morgan fingerprint density at radius 3 is 2.56 bits per heavy atom. The number of hydrazone groups is 1. The normalized spacial score (nSPS) is 10.7. The van der Waals surface area contributed by atoms with Gasteiger partial charge in [-0.1, -0.05) is 48.0 Å². The van der Waals surface area contributed by atoms with Gasteiger partial charge < -0.3 is 14.2 Å². The van der Waals surface area contributed by atoms with Gasteiger partial charge in [0.05, 0.1) is 17.8 Å². The van der Waals surface area contributed by atoms with Gasteiger partial charge >= 0.3 is 0 Å². The number of hydrogen-bond donors (Lipinski definition) is 1. The van der Waals surface area contributed by atoms with E-state index in [1.807, 2.05) is 25.1 Å². The number of amides is 1. The molecule has 8 heteroatoms. The van der Waals surface area contributed by atoms with Crippen LogP contribution in [0.25, 0.3) is 0 Å². The average molecular weight is 499 g/mol. The summed E-state index contributed by atoms with van der Waals surface area (Å²) in [7, 11) is 0. The smallest absolute Gasteiger partial charge is 0.271 e. The highest BCUT2D eigenvalue weighted by atomic mass is 35.5. The summed E-state index contributed by atoms with van der Waals surface area (Å²) in [6.45, 7) is 6.59. The second kappa shape index (κ2) is 12.7. The predicted octanol–water partition coefficient (Wildman–Crippen LogP) is 6.30. The molecule has 6 nitrogen and oxygen atoms in total. The van der Waals surface area contributed by atoms with Crippen LogP contribution in [0.5, 0.6) is 17.2 Å². The number of carbonyl (C=O) groups is 1. The zero-order chi connectivity index (χ0) is 24.3. The summed E-state index contributed by atoms with van der Waals surface area (Å²) in [5, 5.41) is 5.09. The van der Waals surface area contributed by atoms with E-state index in [0.717, 1.165) is 5.56 Å². The molecule has 0 radical (unpaired) electrons. The molecule has 0 bridgehead atoms. The van der Waals surface area contributed by atoms with Crippen LogP contribution in [0.1, 0.15) is 28.4 Å². The lowest BCUT2D eigenvalue weighted by molar-refractivity contribution is 0.0954. The van der Waals surface area contributed by atoms with Crippen molar-refractivity contribution in [2.75, 3.05) is 13.2 Å². The number of nitrogens with one attached hydrogen (secondary N) is 1. The Morgan fingerprint density at radius 1 is 1.00 bits per heavy atom. The quantitative estimate of drug-likeness (QED) is 0.191. The highest BCUT2D eigenvalue weighted by molar-refractivity contribution is 6.32. The van der Waals surface area contributed by atoms with Crippen LogP contribution in [0, 0.1) is 0 Å². The van der Waals surface area contributed by atoms with Gasteiger partial charge in [-0.05, 0) is 66.6 Å². The number of ether oxygens (including phenoxy) is 3. The Balaban J connectivity index is 1.60. The molecular formula is C26H24Cl2N2O4. The van der Waals surface area contributed by atoms with Gasteiger partial charge in [-0.15, -0.1) is 0 Å². The van der Waals surface area contributed by atoms with Crippen molar-refractivity contribution < 1.29 is 19.0 Å². The lowest BCUT2D eigenvalue weighted by Gasteiger charge is -2.12. The van der Waals surface area contributed by atoms with Gasteiger partial charge in [-0.25, -0.2) is 5.43 Å². The second-order valence-corrected chi connectivity index (χ2v) is 7.85. The van der Waals surface area contributed by atoms with Crippen LogP contribution >= 0.6 is 23.2 Å². The third kappa shape index (κ3) is 7.27. The molecule has 0 saturated heterocycles. The van der Waals surface area contributed by atoms with Crippen LogP contribution in [-0.2, 0) is 6.61 Å². The van der Waals surface area contributed by atoms with Gasteiger partial charge in [0, 0.05) is 10.6 Å². The predicted molar refractivity (Wildman–Crippen MR) is 136 cm³/mol. The van der Waals surface area contributed by atoms with E-state index in [0.29, 0.717) is 58.2 Å². The van der Waals surface area contributed by atoms with Crippen molar-refractivity contribution >= 4 is 35.3 Å². The molecular weight excluding hydrogens is 475 g/mol. The van der Waals surface area contributed by atoms with Crippen molar-refractivity contribution in [3.63, 3.8) is 0 Å². The molecule has 0 atom stereocenters. The van der Waals surface area contributed by atoms with Crippen LogP contribution < -0.4 is 19.6 Å². The van der Waals surface area contributed by atoms with E-state index in [4.69, 9.17) is 37.4 Å². The molecule has 0 aromatic heterocycles. The highest BCUT2D eigenvalue weighted by Gasteiger charge is 2.11. The number of rotatable bonds is 11. The highest BCUT2D eigenvalue weighted by Crippen LogP contribution is 2.29. The maximum absolute atomic E-state index is 12.5. The third-order valence-electron chi connectivity index (χ3n) is 4.48. The maximum atomic E-state index is 12.5. The van der Waals surface area contributed by atoms with E-state index in [1.54, 1.807) is 48.5 Å². The van der Waals surface area contributed by atoms with E-state index < -0.39 is 0 Å². The SMILES string of the molecule is C=CCOc1ccc(C(=O)N/N=C/c2ccc(OCc3cccc(Cl)c3)c(Cl)c2)cc1OCC. The maximum Gasteiger partial charge on any atom is 0.271 e. The molecule has 34 heavy (non-hydrogen) atoms. The van der Waals surface area contributed by atoms with Crippen molar-refractivity contribution in [3.8, 4) is 17.2 Å². The summed E-state index contributed by atoms with van der Waals surface area (Å²) in [5.74, 6) is 1.15. The summed E-state index contributed by atoms with van der Waals surface area (Å²) in [5.41, 5.74) is 4.51. The third-order valence-corrected chi connectivity index (χ3v) is 5.01. The number of benzene rings is 3. The molecule has 0 spiro atoms. The molecule has 1 amide bonds. The first kappa shape index (κ1) is 25.1. The first-order valence-corrected chi connectivity index (χ1v) is 11.3. The van der Waals surface area contributed by atoms with Crippen LogP contribution in [-0.4, -0.2) is 25.3 Å². The van der Waals surface area contributed by atoms with Gasteiger partial charge in [0.2, 0.25) is 0 Å². The Kier molecular flexibility index (Phi) is 9.38. The Morgan fingerprint density at radius 2 is 1.82 bits per heavy atom. The Hall–Kier alpha value is -3.48. The van der Waals surface area contributed by atoms with Crippen molar-refractivity contribution in [3.05, 3.63) is 100 Å². The average Bonchev–Trinajstić information content (AvgIpc) is 2.83. The summed E-state index contributed by atoms with van der Waals surface area (Å²) >= 11 is 12.3. The van der Waals surface area contributed by atoms with Gasteiger partial charge in [0.1, 0.15) is 19.0 Å². The van der Waals surface area contributed by atoms with E-state index in [1.165, 1.54) is 6.21 Å². The van der Waals surface area contributed by atoms with Crippen LogP contribution in [0.4, 0.5) is 0 Å². The first-order chi connectivity index (χ1) is 16.5. The van der Waals surface area contributed by atoms with Crippen molar-refractivity contribution in [2.45, 2.75) is 13.5 Å². The van der Waals surface area contributed by atoms with Crippen molar-refractivity contribution in [1.29, 1.82) is 0 Å². The van der Waals surface area contributed by atoms with Gasteiger partial charge in [-0.2, -0.15) is 5.10 Å². The summed E-state index contributed by atoms with van der Waals surface area (Å²) in [6, 6.07) is 17.6. The standard InChI is InChI=1S/C26H24Cl2N2O4/c1-3-12-33-24-11-9-20(15-25(24)32-4-2)26(31)30-29-16-18-8-10-23(22(28)14-18)34-17-19-6-5-7-21(27)13-19/h3,5-11,13-16H,1,4,12,17H2,2H3,(H,30,31)/b29-16+. The van der Waals surface area contributed by atoms with E-state index in [-0.39, 0.29) is 5.91 Å². The minimum absolute atomic E-state index is 0.336. The van der Waals surface area contributed by atoms with Crippen LogP contribution in [0.15, 0.2) is 78.4 Å². The molecule has 3 rings (SSSR count). The molecule has 0 aliphatic rings. The second-order valence-electron chi connectivity index (χ2n) is 7.00. The molecule has 0 aliphatic carbocycles. The van der Waals surface area contributed by atoms with E-state index in [9.17, 15) is 4.79 Å². The molecule has 0 fully saturated rings. The minimum Gasteiger partial charge on any atom is -0.490 e. The summed E-state index contributed by atoms with van der Waals surface area (Å²) < 4.78 is 16.9. The summed E-state index contributed by atoms with van der Waals surface area (Å²) in [6.07, 6.45) is 3.13. The number of carbonyl (C=O) groups excluding carboxylic acids is 1. The zero-order valence-corrected chi connectivity index (χ0v) is 20.1. The number of halogens is 2. The molecule has 1 N–H and O–H groups in total. The van der Waals surface area contributed by atoms with Gasteiger partial charge in [-0.3, -0.25) is 4.79 Å². The van der Waals surface area contributed by atoms with E-state index in [2.05, 4.69) is 17.1 Å². The lowest BCUT2D eigenvalue weighted by Crippen LogP contribution is -2.17. The van der Waals surface area contributed by atoms with E-state index >= 15 is 0 Å². The van der Waals surface area contributed by atoms with Crippen LogP contribution in [0.2, 0.25) is 10.0 Å². The number of hydrogen-bond acceptors (Lipinski definition) is 5. The fourth-order valence-corrected chi connectivity index (χ4v) is 3.37. The van der Waals surface area contributed by atoms with Crippen LogP contribution in [0.3, 0.4) is 0 Å². The summed E-state index contributed by atoms with van der Waals surface area (Å²) in [4.78, 5) is 12.5. The first-order valence-electron chi connectivity index (χ1n) is 10.5. The van der Waals surface area contributed by atoms with Crippen molar-refractivity contribution in [2.24, 2.45) is 5.10 Å². The number of nitrogens with zero attached hydrogens (tertiary/aromatic N) is 1. The molecule has 0 saturated carbocycles. The van der Waals surface area contributed by atoms with Gasteiger partial charge in [0.15, 0.2) is 11.5 Å². The Bertz CT molecular complexity index is 1180. The zero-order valence-electron chi connectivity index (χ0n) is 18.6. The van der Waals surface area contributed by atoms with Crippen molar-refractivity contribution in [1.82, 2.24) is 5.43 Å². The molecule has 3 aromatic carbocycles. The fourth-order valence-electron chi connectivity index (χ4n) is 2.92. The molecule has 3 aromatic rings. The van der Waals surface area contributed by atoms with Gasteiger partial charge in [0.25, 0.3) is 5.91 Å². The Labute approximate surface area is 208 Å². The lowest BCUT2D eigenvalue weighted by atomic mass is 10.2. The molecule has 176 valence electrons. The molecule has 0 heterocycles. The topological polar surface area (TPSA) is 69.2 Å². The minimum atomic E-state index is -0.389. The fraction of sp³-hybridized carbons (Fsp3) is 0.154. The molecule has 0 unspecified atom stereocenters. The largest absolute Gasteiger partial charge is 0.490 e.